The number of para-hydroxylation sites is 2. The standard InChI is InChI=1S/C44H27NO2/c1-2-12-28(13-3-1)29-14-10-15-31(24-29)45(38-20-11-23-42-44(38)35-19-7-9-22-41(35)46-42)39-25-30-26-43-37(34-18-6-8-21-40(34)47-43)27-36(30)32-16-4-5-17-33(32)39/h1-27H. The maximum Gasteiger partial charge on any atom is 0.137 e. The summed E-state index contributed by atoms with van der Waals surface area (Å²) in [7, 11) is 0. The van der Waals surface area contributed by atoms with Gasteiger partial charge in [-0.25, -0.2) is 0 Å². The van der Waals surface area contributed by atoms with Gasteiger partial charge in [-0.2, -0.15) is 0 Å². The first-order valence-corrected chi connectivity index (χ1v) is 15.9. The van der Waals surface area contributed by atoms with Crippen molar-refractivity contribution < 1.29 is 8.83 Å². The van der Waals surface area contributed by atoms with Gasteiger partial charge < -0.3 is 13.7 Å². The van der Waals surface area contributed by atoms with Crippen LogP contribution >= 0.6 is 0 Å². The minimum atomic E-state index is 0.863. The van der Waals surface area contributed by atoms with Crippen LogP contribution < -0.4 is 4.90 Å². The van der Waals surface area contributed by atoms with E-state index in [1.54, 1.807) is 0 Å². The Morgan fingerprint density at radius 2 is 0.979 bits per heavy atom. The zero-order valence-corrected chi connectivity index (χ0v) is 25.4. The maximum absolute atomic E-state index is 6.40. The molecule has 0 N–H and O–H groups in total. The molecular formula is C44H27NO2. The fourth-order valence-electron chi connectivity index (χ4n) is 7.30. The van der Waals surface area contributed by atoms with Crippen LogP contribution in [0.25, 0.3) is 76.5 Å². The Hall–Kier alpha value is -6.32. The Morgan fingerprint density at radius 3 is 1.83 bits per heavy atom. The Labute approximate surface area is 270 Å². The van der Waals surface area contributed by atoms with Gasteiger partial charge in [-0.3, -0.25) is 0 Å². The topological polar surface area (TPSA) is 29.5 Å². The van der Waals surface area contributed by atoms with E-state index in [0.29, 0.717) is 0 Å². The van der Waals surface area contributed by atoms with Gasteiger partial charge in [0.15, 0.2) is 0 Å². The predicted octanol–water partition coefficient (Wildman–Crippen LogP) is 12.9. The number of anilines is 3. The lowest BCUT2D eigenvalue weighted by atomic mass is 9.96. The molecule has 0 radical (unpaired) electrons. The van der Waals surface area contributed by atoms with Crippen molar-refractivity contribution in [3.05, 3.63) is 164 Å². The van der Waals surface area contributed by atoms with Crippen LogP contribution in [0.3, 0.4) is 0 Å². The van der Waals surface area contributed by atoms with E-state index < -0.39 is 0 Å². The number of nitrogens with zero attached hydrogens (tertiary/aromatic N) is 1. The van der Waals surface area contributed by atoms with Crippen LogP contribution in [0.15, 0.2) is 173 Å². The lowest BCUT2D eigenvalue weighted by Gasteiger charge is -2.28. The second-order valence-electron chi connectivity index (χ2n) is 12.1. The molecular weight excluding hydrogens is 574 g/mol. The average molecular weight is 602 g/mol. The van der Waals surface area contributed by atoms with Crippen LogP contribution in [-0.2, 0) is 0 Å². The normalized spacial score (nSPS) is 11.8. The van der Waals surface area contributed by atoms with Crippen molar-refractivity contribution in [1.82, 2.24) is 0 Å². The summed E-state index contributed by atoms with van der Waals surface area (Å²) < 4.78 is 12.8. The molecule has 2 aromatic heterocycles. The quantitative estimate of drug-likeness (QED) is 0.188. The van der Waals surface area contributed by atoms with E-state index in [9.17, 15) is 0 Å². The van der Waals surface area contributed by atoms with Gasteiger partial charge in [0, 0.05) is 27.2 Å². The van der Waals surface area contributed by atoms with Crippen molar-refractivity contribution in [1.29, 1.82) is 0 Å². The molecule has 0 aliphatic rings. The summed E-state index contributed by atoms with van der Waals surface area (Å²) in [5.74, 6) is 0. The molecule has 3 nitrogen and oxygen atoms in total. The lowest BCUT2D eigenvalue weighted by molar-refractivity contribution is 0.669. The SMILES string of the molecule is c1ccc(-c2cccc(N(c3cc4cc5oc6ccccc6c5cc4c4ccccc34)c3cccc4oc5ccccc5c34)c2)cc1. The molecule has 0 saturated carbocycles. The molecule has 0 atom stereocenters. The Bertz CT molecular complexity index is 2810. The van der Waals surface area contributed by atoms with Crippen molar-refractivity contribution >= 4 is 82.5 Å². The molecule has 0 unspecified atom stereocenters. The monoisotopic (exact) mass is 601 g/mol. The lowest BCUT2D eigenvalue weighted by Crippen LogP contribution is -2.11. The maximum atomic E-state index is 6.40. The van der Waals surface area contributed by atoms with E-state index in [1.807, 2.05) is 24.3 Å². The third-order valence-electron chi connectivity index (χ3n) is 9.41. The van der Waals surface area contributed by atoms with Gasteiger partial charge in [-0.1, -0.05) is 109 Å². The first-order chi connectivity index (χ1) is 23.3. The highest BCUT2D eigenvalue weighted by molar-refractivity contribution is 6.21. The minimum Gasteiger partial charge on any atom is -0.456 e. The molecule has 47 heavy (non-hydrogen) atoms. The van der Waals surface area contributed by atoms with Crippen LogP contribution in [0.2, 0.25) is 0 Å². The van der Waals surface area contributed by atoms with E-state index in [-0.39, 0.29) is 0 Å². The third kappa shape index (κ3) is 4.00. The second kappa shape index (κ2) is 10.1. The summed E-state index contributed by atoms with van der Waals surface area (Å²) >= 11 is 0. The van der Waals surface area contributed by atoms with Gasteiger partial charge in [0.05, 0.1) is 16.8 Å². The van der Waals surface area contributed by atoms with Crippen LogP contribution in [0.5, 0.6) is 0 Å². The summed E-state index contributed by atoms with van der Waals surface area (Å²) in [6.07, 6.45) is 0. The largest absolute Gasteiger partial charge is 0.456 e. The van der Waals surface area contributed by atoms with Crippen molar-refractivity contribution in [2.45, 2.75) is 0 Å². The van der Waals surface area contributed by atoms with Crippen molar-refractivity contribution in [2.75, 3.05) is 4.90 Å². The summed E-state index contributed by atoms with van der Waals surface area (Å²) in [6, 6.07) is 57.9. The molecule has 2 heterocycles. The fraction of sp³-hybridized carbons (Fsp3) is 0. The number of hydrogen-bond donors (Lipinski definition) is 0. The third-order valence-corrected chi connectivity index (χ3v) is 9.41. The number of hydrogen-bond acceptors (Lipinski definition) is 3. The van der Waals surface area contributed by atoms with E-state index in [2.05, 4.69) is 144 Å². The average Bonchev–Trinajstić information content (AvgIpc) is 3.70. The molecule has 0 saturated heterocycles. The van der Waals surface area contributed by atoms with Gasteiger partial charge in [-0.05, 0) is 81.9 Å². The molecule has 0 aliphatic carbocycles. The van der Waals surface area contributed by atoms with Crippen LogP contribution in [0.1, 0.15) is 0 Å². The smallest absolute Gasteiger partial charge is 0.137 e. The zero-order chi connectivity index (χ0) is 30.9. The van der Waals surface area contributed by atoms with Gasteiger partial charge in [0.1, 0.15) is 22.3 Å². The van der Waals surface area contributed by atoms with E-state index >= 15 is 0 Å². The van der Waals surface area contributed by atoms with Gasteiger partial charge in [0.2, 0.25) is 0 Å². The highest BCUT2D eigenvalue weighted by Crippen LogP contribution is 2.47. The van der Waals surface area contributed by atoms with Gasteiger partial charge in [0.25, 0.3) is 0 Å². The first kappa shape index (κ1) is 26.0. The van der Waals surface area contributed by atoms with Crippen molar-refractivity contribution in [2.24, 2.45) is 0 Å². The molecule has 0 spiro atoms. The van der Waals surface area contributed by atoms with E-state index in [0.717, 1.165) is 71.9 Å². The fourth-order valence-corrected chi connectivity index (χ4v) is 7.30. The summed E-state index contributed by atoms with van der Waals surface area (Å²) in [5.41, 5.74) is 9.09. The first-order valence-electron chi connectivity index (χ1n) is 15.9. The molecule has 3 heteroatoms. The van der Waals surface area contributed by atoms with E-state index in [1.165, 1.54) is 21.7 Å². The minimum absolute atomic E-state index is 0.863. The molecule has 10 aromatic rings. The van der Waals surface area contributed by atoms with Crippen LogP contribution in [-0.4, -0.2) is 0 Å². The number of fused-ring (bicyclic) bond motifs is 9. The molecule has 10 rings (SSSR count). The molecule has 0 fully saturated rings. The highest BCUT2D eigenvalue weighted by atomic mass is 16.3. The number of benzene rings is 8. The van der Waals surface area contributed by atoms with Crippen molar-refractivity contribution in [3.63, 3.8) is 0 Å². The Kier molecular flexibility index (Phi) is 5.57. The Balaban J connectivity index is 1.32. The van der Waals surface area contributed by atoms with E-state index in [4.69, 9.17) is 8.83 Å². The molecule has 8 aromatic carbocycles. The molecule has 0 amide bonds. The second-order valence-corrected chi connectivity index (χ2v) is 12.1. The molecule has 0 aliphatic heterocycles. The zero-order valence-electron chi connectivity index (χ0n) is 25.4. The van der Waals surface area contributed by atoms with Gasteiger partial charge >= 0.3 is 0 Å². The summed E-state index contributed by atoms with van der Waals surface area (Å²) in [6.45, 7) is 0. The summed E-state index contributed by atoms with van der Waals surface area (Å²) in [4.78, 5) is 2.40. The highest BCUT2D eigenvalue weighted by Gasteiger charge is 2.23. The number of rotatable bonds is 4. The van der Waals surface area contributed by atoms with Gasteiger partial charge in [-0.15, -0.1) is 0 Å². The summed E-state index contributed by atoms with van der Waals surface area (Å²) in [5, 5.41) is 9.14. The predicted molar refractivity (Wildman–Crippen MR) is 196 cm³/mol. The van der Waals surface area contributed by atoms with Crippen LogP contribution in [0, 0.1) is 0 Å². The van der Waals surface area contributed by atoms with Crippen molar-refractivity contribution in [3.8, 4) is 11.1 Å². The van der Waals surface area contributed by atoms with Crippen LogP contribution in [0.4, 0.5) is 17.1 Å². The molecule has 220 valence electrons. The Morgan fingerprint density at radius 1 is 0.340 bits per heavy atom. The molecule has 0 bridgehead atoms. The number of furan rings is 2.